The Morgan fingerprint density at radius 3 is 2.81 bits per heavy atom. The van der Waals surface area contributed by atoms with Crippen molar-refractivity contribution in [1.29, 1.82) is 0 Å². The number of Topliss-reactive ketones (excluding diaryl/α,β-unsaturated/α-hetero) is 1. The Kier molecular flexibility index (Phi) is 4.29. The molecule has 0 saturated heterocycles. The summed E-state index contributed by atoms with van der Waals surface area (Å²) >= 11 is 6.52. The number of aromatic nitrogens is 4. The zero-order valence-electron chi connectivity index (χ0n) is 17.3. The molecule has 0 amide bonds. The van der Waals surface area contributed by atoms with Crippen LogP contribution in [0.1, 0.15) is 52.4 Å². The van der Waals surface area contributed by atoms with Crippen LogP contribution < -0.4 is 0 Å². The molecule has 1 fully saturated rings. The molecule has 2 aromatic carbocycles. The molecular weight excluding hydrogens is 408 g/mol. The quantitative estimate of drug-likeness (QED) is 0.425. The van der Waals surface area contributed by atoms with E-state index in [0.29, 0.717) is 34.8 Å². The van der Waals surface area contributed by atoms with Gasteiger partial charge in [0.1, 0.15) is 12.7 Å². The van der Waals surface area contributed by atoms with E-state index < -0.39 is 0 Å². The number of aryl methyl sites for hydroxylation is 1. The fourth-order valence-corrected chi connectivity index (χ4v) is 6.14. The van der Waals surface area contributed by atoms with Gasteiger partial charge in [-0.1, -0.05) is 23.7 Å². The summed E-state index contributed by atoms with van der Waals surface area (Å²) in [5, 5.41) is 9.48. The van der Waals surface area contributed by atoms with Crippen LogP contribution in [0.3, 0.4) is 0 Å². The zero-order valence-corrected chi connectivity index (χ0v) is 18.1. The molecule has 5 nitrogen and oxygen atoms in total. The first-order chi connectivity index (χ1) is 15.1. The fourth-order valence-electron chi connectivity index (χ4n) is 5.86. The van der Waals surface area contributed by atoms with Crippen molar-refractivity contribution >= 4 is 28.3 Å². The van der Waals surface area contributed by atoms with Crippen molar-refractivity contribution in [2.45, 2.75) is 38.5 Å². The van der Waals surface area contributed by atoms with Gasteiger partial charge in [-0.25, -0.2) is 0 Å². The van der Waals surface area contributed by atoms with E-state index in [-0.39, 0.29) is 5.78 Å². The summed E-state index contributed by atoms with van der Waals surface area (Å²) in [5.41, 5.74) is 6.80. The van der Waals surface area contributed by atoms with E-state index >= 15 is 0 Å². The third-order valence-corrected chi connectivity index (χ3v) is 7.59. The van der Waals surface area contributed by atoms with Crippen molar-refractivity contribution < 1.29 is 4.79 Å². The van der Waals surface area contributed by atoms with Gasteiger partial charge in [-0.2, -0.15) is 0 Å². The lowest BCUT2D eigenvalue weighted by Crippen LogP contribution is -2.25. The van der Waals surface area contributed by atoms with Crippen LogP contribution in [0.2, 0.25) is 5.02 Å². The maximum Gasteiger partial charge on any atom is 0.164 e. The summed E-state index contributed by atoms with van der Waals surface area (Å²) in [6.45, 7) is 2.13. The van der Waals surface area contributed by atoms with Crippen LogP contribution in [-0.4, -0.2) is 25.5 Å². The van der Waals surface area contributed by atoms with Crippen molar-refractivity contribution in [1.82, 2.24) is 19.7 Å². The van der Waals surface area contributed by atoms with Crippen LogP contribution in [0, 0.1) is 18.8 Å². The van der Waals surface area contributed by atoms with Crippen molar-refractivity contribution in [2.24, 2.45) is 11.8 Å². The Hall–Kier alpha value is -2.92. The molecule has 3 atom stereocenters. The van der Waals surface area contributed by atoms with Gasteiger partial charge >= 0.3 is 0 Å². The van der Waals surface area contributed by atoms with Gasteiger partial charge in [-0.15, -0.1) is 10.2 Å². The monoisotopic (exact) mass is 430 g/mol. The van der Waals surface area contributed by atoms with Crippen LogP contribution in [0.4, 0.5) is 0 Å². The summed E-state index contributed by atoms with van der Waals surface area (Å²) in [6.07, 6.45) is 7.19. The predicted molar refractivity (Wildman–Crippen MR) is 121 cm³/mol. The van der Waals surface area contributed by atoms with Gasteiger partial charge in [0.05, 0.1) is 5.02 Å². The van der Waals surface area contributed by atoms with Gasteiger partial charge in [0, 0.05) is 34.3 Å². The molecule has 1 saturated carbocycles. The third-order valence-electron chi connectivity index (χ3n) is 7.27. The molecule has 0 unspecified atom stereocenters. The molecule has 4 aromatic rings. The number of aromatic amines is 1. The first-order valence-corrected chi connectivity index (χ1v) is 11.2. The zero-order chi connectivity index (χ0) is 21.1. The SMILES string of the molecule is Cc1ccc2c3c([nH]c2c1)C[C@@H]1CC[C@H]3[C@@H]1CC(=O)c1ccc(-n2cnnc2)cc1Cl. The Morgan fingerprint density at radius 1 is 1.16 bits per heavy atom. The first-order valence-electron chi connectivity index (χ1n) is 10.9. The second-order valence-corrected chi connectivity index (χ2v) is 9.45. The van der Waals surface area contributed by atoms with E-state index in [1.54, 1.807) is 17.2 Å². The third kappa shape index (κ3) is 3.02. The number of carbonyl (C=O) groups excluding carboxylic acids is 1. The van der Waals surface area contributed by atoms with Crippen LogP contribution in [0.15, 0.2) is 49.1 Å². The number of hydrogen-bond acceptors (Lipinski definition) is 3. The summed E-state index contributed by atoms with van der Waals surface area (Å²) in [7, 11) is 0. The molecule has 6 heteroatoms. The molecule has 31 heavy (non-hydrogen) atoms. The van der Waals surface area contributed by atoms with Gasteiger partial charge in [-0.3, -0.25) is 9.36 Å². The van der Waals surface area contributed by atoms with Gasteiger partial charge in [-0.05, 0) is 79.3 Å². The van der Waals surface area contributed by atoms with Crippen molar-refractivity contribution in [3.8, 4) is 5.69 Å². The van der Waals surface area contributed by atoms with E-state index in [2.05, 4.69) is 40.3 Å². The molecule has 1 N–H and O–H groups in total. The maximum absolute atomic E-state index is 13.3. The Labute approximate surface area is 185 Å². The smallest absolute Gasteiger partial charge is 0.164 e. The molecule has 2 aliphatic carbocycles. The highest BCUT2D eigenvalue weighted by molar-refractivity contribution is 6.34. The highest BCUT2D eigenvalue weighted by Gasteiger charge is 2.44. The van der Waals surface area contributed by atoms with E-state index in [4.69, 9.17) is 11.6 Å². The number of hydrogen-bond donors (Lipinski definition) is 1. The lowest BCUT2D eigenvalue weighted by Gasteiger charge is -2.30. The van der Waals surface area contributed by atoms with Gasteiger partial charge in [0.2, 0.25) is 0 Å². The highest BCUT2D eigenvalue weighted by Crippen LogP contribution is 2.54. The fraction of sp³-hybridized carbons (Fsp3) is 0.320. The first kappa shape index (κ1) is 18.8. The summed E-state index contributed by atoms with van der Waals surface area (Å²) in [6, 6.07) is 12.2. The van der Waals surface area contributed by atoms with E-state index in [1.807, 2.05) is 18.2 Å². The standard InChI is InChI=1S/C25H23ClN4O/c1-14-2-5-19-22(8-14)29-23-9-15-3-6-17(25(19)23)20(15)11-24(31)18-7-4-16(10-21(18)26)30-12-27-28-13-30/h2,4-5,7-8,10,12-13,15,17,20,29H,3,6,9,11H2,1H3/t15-,17-,20+/m0/s1. The molecule has 2 bridgehead atoms. The topological polar surface area (TPSA) is 63.6 Å². The largest absolute Gasteiger partial charge is 0.358 e. The number of nitrogens with one attached hydrogen (secondary N) is 1. The number of carbonyl (C=O) groups is 1. The molecule has 2 aromatic heterocycles. The van der Waals surface area contributed by atoms with Crippen LogP contribution in [0.5, 0.6) is 0 Å². The summed E-state index contributed by atoms with van der Waals surface area (Å²) in [5.74, 6) is 1.53. The lowest BCUT2D eigenvalue weighted by molar-refractivity contribution is 0.0942. The minimum atomic E-state index is 0.140. The number of fused-ring (bicyclic) bond motifs is 6. The molecule has 2 heterocycles. The number of ketones is 1. The average Bonchev–Trinajstić information content (AvgIpc) is 3.46. The molecule has 6 rings (SSSR count). The molecular formula is C25H23ClN4O. The van der Waals surface area contributed by atoms with E-state index in [0.717, 1.165) is 18.5 Å². The van der Waals surface area contributed by atoms with Crippen LogP contribution >= 0.6 is 11.6 Å². The predicted octanol–water partition coefficient (Wildman–Crippen LogP) is 5.65. The minimum absolute atomic E-state index is 0.140. The molecule has 0 spiro atoms. The van der Waals surface area contributed by atoms with Crippen LogP contribution in [-0.2, 0) is 6.42 Å². The van der Waals surface area contributed by atoms with E-state index in [1.165, 1.54) is 34.1 Å². The second-order valence-electron chi connectivity index (χ2n) is 9.04. The average molecular weight is 431 g/mol. The van der Waals surface area contributed by atoms with Gasteiger partial charge < -0.3 is 4.98 Å². The molecule has 0 aliphatic heterocycles. The number of nitrogens with zero attached hydrogens (tertiary/aromatic N) is 3. The van der Waals surface area contributed by atoms with Crippen molar-refractivity contribution in [2.75, 3.05) is 0 Å². The molecule has 0 radical (unpaired) electrons. The van der Waals surface area contributed by atoms with Gasteiger partial charge in [0.25, 0.3) is 0 Å². The van der Waals surface area contributed by atoms with Crippen molar-refractivity contribution in [3.63, 3.8) is 0 Å². The molecule has 2 aliphatic rings. The summed E-state index contributed by atoms with van der Waals surface area (Å²) in [4.78, 5) is 17.0. The Bertz CT molecular complexity index is 1310. The number of benzene rings is 2. The maximum atomic E-state index is 13.3. The second kappa shape index (κ2) is 7.06. The minimum Gasteiger partial charge on any atom is -0.358 e. The number of rotatable bonds is 4. The van der Waals surface area contributed by atoms with Gasteiger partial charge in [0.15, 0.2) is 5.78 Å². The van der Waals surface area contributed by atoms with Crippen LogP contribution in [0.25, 0.3) is 16.6 Å². The summed E-state index contributed by atoms with van der Waals surface area (Å²) < 4.78 is 1.78. The lowest BCUT2D eigenvalue weighted by atomic mass is 9.74. The normalized spacial score (nSPS) is 22.1. The Balaban J connectivity index is 1.29. The molecule has 156 valence electrons. The Morgan fingerprint density at radius 2 is 2.00 bits per heavy atom. The van der Waals surface area contributed by atoms with Crippen molar-refractivity contribution in [3.05, 3.63) is 76.5 Å². The highest BCUT2D eigenvalue weighted by atomic mass is 35.5. The van der Waals surface area contributed by atoms with E-state index in [9.17, 15) is 4.79 Å². The number of halogens is 1. The number of H-pyrrole nitrogens is 1.